The minimum absolute atomic E-state index is 0.243. The minimum Gasteiger partial charge on any atom is -0.477 e. The molecule has 5 nitrogen and oxygen atoms in total. The second kappa shape index (κ2) is 8.24. The number of hydrogen-bond acceptors (Lipinski definition) is 4. The van der Waals surface area contributed by atoms with Crippen molar-refractivity contribution < 1.29 is 9.90 Å². The highest BCUT2D eigenvalue weighted by Gasteiger charge is 2.23. The topological polar surface area (TPSA) is 65.8 Å². The first-order chi connectivity index (χ1) is 13.9. The quantitative estimate of drug-likeness (QED) is 0.361. The highest BCUT2D eigenvalue weighted by atomic mass is 79.9. The van der Waals surface area contributed by atoms with Crippen LogP contribution in [0.4, 0.5) is 5.69 Å². The zero-order chi connectivity index (χ0) is 20.5. The van der Waals surface area contributed by atoms with Crippen molar-refractivity contribution in [3.8, 4) is 11.1 Å². The van der Waals surface area contributed by atoms with Crippen molar-refractivity contribution in [2.75, 3.05) is 13.1 Å². The Morgan fingerprint density at radius 2 is 1.90 bits per heavy atom. The van der Waals surface area contributed by atoms with Gasteiger partial charge in [0.1, 0.15) is 21.2 Å². The van der Waals surface area contributed by atoms with Crippen LogP contribution in [0, 0.1) is 6.92 Å². The van der Waals surface area contributed by atoms with E-state index in [1.165, 1.54) is 17.8 Å². The molecule has 0 spiro atoms. The number of halogens is 1. The van der Waals surface area contributed by atoms with Gasteiger partial charge in [-0.2, -0.15) is 0 Å². The first-order valence-electron chi connectivity index (χ1n) is 9.67. The normalized spacial score (nSPS) is 15.1. The monoisotopic (exact) mass is 471 g/mol. The standard InChI is InChI=1S/C22H22BrN3O2S/c1-13-12-17(15-6-8-16(23)9-7-15)18-19(20(22(27)28)29-21(18)24-13)25-14(2)26-10-4-3-5-11-26/h6-9,12H,3-5,10-11H2,1-2H3,(H,27,28). The highest BCUT2D eigenvalue weighted by Crippen LogP contribution is 2.43. The van der Waals surface area contributed by atoms with Gasteiger partial charge < -0.3 is 10.0 Å². The summed E-state index contributed by atoms with van der Waals surface area (Å²) in [6.07, 6.45) is 3.53. The van der Waals surface area contributed by atoms with E-state index in [0.717, 1.165) is 58.4 Å². The van der Waals surface area contributed by atoms with Gasteiger partial charge in [0.05, 0.1) is 0 Å². The van der Waals surface area contributed by atoms with Crippen molar-refractivity contribution in [1.82, 2.24) is 9.88 Å². The number of piperidine rings is 1. The molecular formula is C22H22BrN3O2S. The zero-order valence-corrected chi connectivity index (χ0v) is 18.8. The number of rotatable bonds is 3. The van der Waals surface area contributed by atoms with E-state index in [-0.39, 0.29) is 4.88 Å². The van der Waals surface area contributed by atoms with Gasteiger partial charge in [0.2, 0.25) is 0 Å². The summed E-state index contributed by atoms with van der Waals surface area (Å²) in [5, 5.41) is 10.7. The molecule has 1 N–H and O–H groups in total. The largest absolute Gasteiger partial charge is 0.477 e. The molecule has 1 saturated heterocycles. The number of thiophene rings is 1. The Morgan fingerprint density at radius 3 is 2.55 bits per heavy atom. The van der Waals surface area contributed by atoms with Crippen LogP contribution in [0.1, 0.15) is 41.6 Å². The van der Waals surface area contributed by atoms with E-state index in [1.54, 1.807) is 0 Å². The Morgan fingerprint density at radius 1 is 1.21 bits per heavy atom. The van der Waals surface area contributed by atoms with Crippen LogP contribution in [0.2, 0.25) is 0 Å². The molecule has 1 aliphatic rings. The molecule has 0 radical (unpaired) electrons. The number of amidine groups is 1. The number of benzene rings is 1. The molecule has 4 rings (SSSR count). The predicted molar refractivity (Wildman–Crippen MR) is 123 cm³/mol. The van der Waals surface area contributed by atoms with E-state index in [2.05, 4.69) is 25.8 Å². The lowest BCUT2D eigenvalue weighted by Gasteiger charge is -2.28. The van der Waals surface area contributed by atoms with E-state index in [0.29, 0.717) is 10.5 Å². The molecule has 150 valence electrons. The van der Waals surface area contributed by atoms with Crippen LogP contribution in [0.5, 0.6) is 0 Å². The van der Waals surface area contributed by atoms with Gasteiger partial charge in [-0.1, -0.05) is 28.1 Å². The molecular weight excluding hydrogens is 450 g/mol. The lowest BCUT2D eigenvalue weighted by atomic mass is 10.0. The lowest BCUT2D eigenvalue weighted by molar-refractivity contribution is 0.0703. The molecule has 0 unspecified atom stereocenters. The number of carboxylic acids is 1. The summed E-state index contributed by atoms with van der Waals surface area (Å²) >= 11 is 4.68. The van der Waals surface area contributed by atoms with Crippen LogP contribution < -0.4 is 0 Å². The number of likely N-dealkylation sites (tertiary alicyclic amines) is 1. The third kappa shape index (κ3) is 4.07. The fraction of sp³-hybridized carbons (Fsp3) is 0.318. The first-order valence-corrected chi connectivity index (χ1v) is 11.3. The van der Waals surface area contributed by atoms with Gasteiger partial charge in [0.25, 0.3) is 0 Å². The van der Waals surface area contributed by atoms with Gasteiger partial charge in [-0.15, -0.1) is 11.3 Å². The Kier molecular flexibility index (Phi) is 5.69. The van der Waals surface area contributed by atoms with Crippen molar-refractivity contribution in [2.24, 2.45) is 4.99 Å². The van der Waals surface area contributed by atoms with Gasteiger partial charge in [0.15, 0.2) is 0 Å². The van der Waals surface area contributed by atoms with E-state index in [9.17, 15) is 9.90 Å². The lowest BCUT2D eigenvalue weighted by Crippen LogP contribution is -2.33. The summed E-state index contributed by atoms with van der Waals surface area (Å²) in [5.74, 6) is -0.0909. The molecule has 1 aliphatic heterocycles. The van der Waals surface area contributed by atoms with Crippen LogP contribution in [0.25, 0.3) is 21.3 Å². The minimum atomic E-state index is -0.961. The molecule has 0 atom stereocenters. The van der Waals surface area contributed by atoms with Gasteiger partial charge >= 0.3 is 5.97 Å². The van der Waals surface area contributed by atoms with E-state index in [4.69, 9.17) is 4.99 Å². The highest BCUT2D eigenvalue weighted by molar-refractivity contribution is 9.10. The summed E-state index contributed by atoms with van der Waals surface area (Å²) < 4.78 is 0.999. The third-order valence-corrected chi connectivity index (χ3v) is 6.79. The van der Waals surface area contributed by atoms with Gasteiger partial charge in [-0.05, 0) is 62.4 Å². The molecule has 3 heterocycles. The number of carboxylic acid groups (broad SMARTS) is 1. The Labute approximate surface area is 182 Å². The maximum atomic E-state index is 12.0. The number of nitrogens with zero attached hydrogens (tertiary/aromatic N) is 3. The number of carbonyl (C=O) groups is 1. The molecule has 3 aromatic rings. The molecule has 0 bridgehead atoms. The van der Waals surface area contributed by atoms with Crippen LogP contribution in [0.3, 0.4) is 0 Å². The average molecular weight is 472 g/mol. The summed E-state index contributed by atoms with van der Waals surface area (Å²) in [6, 6.07) is 10.1. The molecule has 0 saturated carbocycles. The maximum Gasteiger partial charge on any atom is 0.348 e. The van der Waals surface area contributed by atoms with Crippen molar-refractivity contribution in [3.05, 3.63) is 45.4 Å². The Bertz CT molecular complexity index is 1100. The predicted octanol–water partition coefficient (Wildman–Crippen LogP) is 6.27. The van der Waals surface area contributed by atoms with Crippen LogP contribution in [0.15, 0.2) is 39.8 Å². The molecule has 29 heavy (non-hydrogen) atoms. The first kappa shape index (κ1) is 20.0. The molecule has 0 aliphatic carbocycles. The van der Waals surface area contributed by atoms with Crippen molar-refractivity contribution in [1.29, 1.82) is 0 Å². The number of aliphatic imine (C=N–C) groups is 1. The number of hydrogen-bond donors (Lipinski definition) is 1. The van der Waals surface area contributed by atoms with E-state index < -0.39 is 5.97 Å². The van der Waals surface area contributed by atoms with Gasteiger partial charge in [-0.25, -0.2) is 14.8 Å². The summed E-state index contributed by atoms with van der Waals surface area (Å²) in [6.45, 7) is 5.85. The van der Waals surface area contributed by atoms with Crippen molar-refractivity contribution in [2.45, 2.75) is 33.1 Å². The SMILES string of the molecule is CC(=Nc1c(C(=O)O)sc2nc(C)cc(-c3ccc(Br)cc3)c12)N1CCCCC1. The smallest absolute Gasteiger partial charge is 0.348 e. The second-order valence-electron chi connectivity index (χ2n) is 7.29. The third-order valence-electron chi connectivity index (χ3n) is 5.20. The van der Waals surface area contributed by atoms with Gasteiger partial charge in [0, 0.05) is 28.6 Å². The summed E-state index contributed by atoms with van der Waals surface area (Å²) in [5.41, 5.74) is 3.36. The summed E-state index contributed by atoms with van der Waals surface area (Å²) in [7, 11) is 0. The van der Waals surface area contributed by atoms with Gasteiger partial charge in [-0.3, -0.25) is 0 Å². The average Bonchev–Trinajstić information content (AvgIpc) is 3.07. The van der Waals surface area contributed by atoms with E-state index >= 15 is 0 Å². The Balaban J connectivity index is 1.95. The zero-order valence-electron chi connectivity index (χ0n) is 16.4. The number of aromatic carboxylic acids is 1. The maximum absolute atomic E-state index is 12.0. The van der Waals surface area contributed by atoms with Crippen LogP contribution in [-0.2, 0) is 0 Å². The van der Waals surface area contributed by atoms with Crippen LogP contribution >= 0.6 is 27.3 Å². The molecule has 2 aromatic heterocycles. The second-order valence-corrected chi connectivity index (χ2v) is 9.20. The van der Waals surface area contributed by atoms with Crippen molar-refractivity contribution >= 4 is 55.0 Å². The number of fused-ring (bicyclic) bond motifs is 1. The molecule has 1 aromatic carbocycles. The van der Waals surface area contributed by atoms with E-state index in [1.807, 2.05) is 44.2 Å². The fourth-order valence-electron chi connectivity index (χ4n) is 3.76. The fourth-order valence-corrected chi connectivity index (χ4v) is 5.05. The summed E-state index contributed by atoms with van der Waals surface area (Å²) in [4.78, 5) is 24.7. The molecule has 0 amide bonds. The Hall–Kier alpha value is -2.25. The molecule has 1 fully saturated rings. The number of aryl methyl sites for hydroxylation is 1. The van der Waals surface area contributed by atoms with Crippen molar-refractivity contribution in [3.63, 3.8) is 0 Å². The number of aromatic nitrogens is 1. The molecule has 7 heteroatoms. The van der Waals surface area contributed by atoms with Crippen LogP contribution in [-0.4, -0.2) is 39.9 Å². The number of pyridine rings is 1.